The van der Waals surface area contributed by atoms with Crippen molar-refractivity contribution in [2.24, 2.45) is 21.7 Å². The Hall–Kier alpha value is -2.64. The molecule has 0 heterocycles. The number of nitrogens with one attached hydrogen (secondary N) is 2. The average molecular weight is 222 g/mol. The SMILES string of the molecule is NC(=O)N=Nc1ccc(NNC(N)=O)cc1. The van der Waals surface area contributed by atoms with Crippen LogP contribution in [0.4, 0.5) is 21.0 Å². The highest BCUT2D eigenvalue weighted by molar-refractivity contribution is 5.73. The van der Waals surface area contributed by atoms with Crippen LogP contribution in [0.1, 0.15) is 0 Å². The van der Waals surface area contributed by atoms with Crippen molar-refractivity contribution >= 4 is 23.4 Å². The number of carbonyl (C=O) groups excluding carboxylic acids is 2. The van der Waals surface area contributed by atoms with Gasteiger partial charge in [0.25, 0.3) is 0 Å². The monoisotopic (exact) mass is 222 g/mol. The van der Waals surface area contributed by atoms with Crippen LogP contribution in [0.3, 0.4) is 0 Å². The zero-order chi connectivity index (χ0) is 12.0. The van der Waals surface area contributed by atoms with E-state index in [1.165, 1.54) is 0 Å². The summed E-state index contributed by atoms with van der Waals surface area (Å²) in [5.41, 5.74) is 15.4. The Bertz CT molecular complexity index is 413. The third-order valence-corrected chi connectivity index (χ3v) is 1.46. The van der Waals surface area contributed by atoms with Crippen molar-refractivity contribution in [2.75, 3.05) is 5.43 Å². The number of anilines is 1. The molecule has 6 N–H and O–H groups in total. The standard InChI is InChI=1S/C8H10N6O2/c9-7(15)13-11-5-1-2-6(4-3-5)12-14-8(10)16/h1-4,11H,(H2,10,16)(H3,9,13,15). The lowest BCUT2D eigenvalue weighted by molar-refractivity contribution is 0.250. The summed E-state index contributed by atoms with van der Waals surface area (Å²) in [6.07, 6.45) is 0. The summed E-state index contributed by atoms with van der Waals surface area (Å²) in [4.78, 5) is 20.7. The number of carbonyl (C=O) groups is 2. The van der Waals surface area contributed by atoms with Crippen LogP contribution in [0.2, 0.25) is 0 Å². The maximum absolute atomic E-state index is 10.4. The summed E-state index contributed by atoms with van der Waals surface area (Å²) in [5, 5.41) is 6.71. The molecule has 0 saturated carbocycles. The Morgan fingerprint density at radius 1 is 1.12 bits per heavy atom. The summed E-state index contributed by atoms with van der Waals surface area (Å²) in [5.74, 6) is 0. The average Bonchev–Trinajstić information content (AvgIpc) is 2.25. The van der Waals surface area contributed by atoms with Gasteiger partial charge in [-0.2, -0.15) is 0 Å². The molecule has 0 atom stereocenters. The van der Waals surface area contributed by atoms with Crippen LogP contribution in [-0.4, -0.2) is 12.1 Å². The molecule has 0 aromatic heterocycles. The largest absolute Gasteiger partial charge is 0.356 e. The lowest BCUT2D eigenvalue weighted by Crippen LogP contribution is -2.34. The van der Waals surface area contributed by atoms with E-state index in [1.54, 1.807) is 24.3 Å². The molecule has 0 aliphatic carbocycles. The van der Waals surface area contributed by atoms with Crippen LogP contribution in [0, 0.1) is 0 Å². The first-order valence-electron chi connectivity index (χ1n) is 4.20. The van der Waals surface area contributed by atoms with E-state index < -0.39 is 12.1 Å². The van der Waals surface area contributed by atoms with Gasteiger partial charge in [0.05, 0.1) is 11.4 Å². The Morgan fingerprint density at radius 3 is 2.25 bits per heavy atom. The van der Waals surface area contributed by atoms with Crippen LogP contribution in [0.15, 0.2) is 34.5 Å². The van der Waals surface area contributed by atoms with E-state index in [1.807, 2.05) is 0 Å². The fourth-order valence-corrected chi connectivity index (χ4v) is 0.852. The van der Waals surface area contributed by atoms with Crippen molar-refractivity contribution in [1.82, 2.24) is 5.43 Å². The second kappa shape index (κ2) is 5.29. The zero-order valence-electron chi connectivity index (χ0n) is 8.18. The fraction of sp³-hybridized carbons (Fsp3) is 0. The molecule has 1 rings (SSSR count). The third-order valence-electron chi connectivity index (χ3n) is 1.46. The zero-order valence-corrected chi connectivity index (χ0v) is 8.18. The van der Waals surface area contributed by atoms with Crippen molar-refractivity contribution in [2.45, 2.75) is 0 Å². The number of nitrogens with zero attached hydrogens (tertiary/aromatic N) is 2. The van der Waals surface area contributed by atoms with E-state index in [-0.39, 0.29) is 0 Å². The number of nitrogens with two attached hydrogens (primary N) is 2. The van der Waals surface area contributed by atoms with Crippen molar-refractivity contribution < 1.29 is 9.59 Å². The fourth-order valence-electron chi connectivity index (χ4n) is 0.852. The molecule has 0 saturated heterocycles. The minimum absolute atomic E-state index is 0.462. The molecule has 1 aromatic rings. The molecule has 0 aliphatic rings. The maximum Gasteiger partial charge on any atom is 0.356 e. The van der Waals surface area contributed by atoms with Crippen molar-refractivity contribution in [3.8, 4) is 0 Å². The van der Waals surface area contributed by atoms with Gasteiger partial charge in [-0.15, -0.1) is 5.11 Å². The number of amides is 4. The number of hydrogen-bond donors (Lipinski definition) is 4. The Morgan fingerprint density at radius 2 is 1.75 bits per heavy atom. The number of rotatable bonds is 3. The molecule has 8 heteroatoms. The molecule has 0 unspecified atom stereocenters. The normalized spacial score (nSPS) is 10.0. The van der Waals surface area contributed by atoms with Gasteiger partial charge in [-0.05, 0) is 24.3 Å². The molecule has 0 radical (unpaired) electrons. The van der Waals surface area contributed by atoms with Crippen LogP contribution >= 0.6 is 0 Å². The molecular formula is C8H10N6O2. The second-order valence-electron chi connectivity index (χ2n) is 2.70. The molecule has 0 fully saturated rings. The Kier molecular flexibility index (Phi) is 3.78. The Labute approximate surface area is 90.7 Å². The van der Waals surface area contributed by atoms with Crippen LogP contribution < -0.4 is 22.3 Å². The minimum Gasteiger partial charge on any atom is -0.350 e. The highest BCUT2D eigenvalue weighted by atomic mass is 16.2. The van der Waals surface area contributed by atoms with E-state index in [0.717, 1.165) is 0 Å². The predicted octanol–water partition coefficient (Wildman–Crippen LogP) is 0.844. The van der Waals surface area contributed by atoms with Gasteiger partial charge in [0, 0.05) is 0 Å². The van der Waals surface area contributed by atoms with Gasteiger partial charge in [-0.25, -0.2) is 9.59 Å². The van der Waals surface area contributed by atoms with Gasteiger partial charge >= 0.3 is 12.1 Å². The third kappa shape index (κ3) is 4.05. The first kappa shape index (κ1) is 11.4. The highest BCUT2D eigenvalue weighted by Crippen LogP contribution is 2.15. The number of primary amides is 2. The van der Waals surface area contributed by atoms with Gasteiger partial charge < -0.3 is 11.5 Å². The van der Waals surface area contributed by atoms with Crippen molar-refractivity contribution in [3.63, 3.8) is 0 Å². The highest BCUT2D eigenvalue weighted by Gasteiger charge is 1.94. The molecule has 1 aromatic carbocycles. The molecular weight excluding hydrogens is 212 g/mol. The van der Waals surface area contributed by atoms with E-state index in [0.29, 0.717) is 11.4 Å². The summed E-state index contributed by atoms with van der Waals surface area (Å²) < 4.78 is 0. The van der Waals surface area contributed by atoms with Gasteiger partial charge in [-0.1, -0.05) is 5.11 Å². The first-order chi connectivity index (χ1) is 7.58. The molecule has 0 bridgehead atoms. The van der Waals surface area contributed by atoms with Gasteiger partial charge in [0.2, 0.25) is 0 Å². The lowest BCUT2D eigenvalue weighted by Gasteiger charge is -2.05. The van der Waals surface area contributed by atoms with Crippen molar-refractivity contribution in [1.29, 1.82) is 0 Å². The Balaban J connectivity index is 2.60. The van der Waals surface area contributed by atoms with Gasteiger partial charge in [0.1, 0.15) is 0 Å². The summed E-state index contributed by atoms with van der Waals surface area (Å²) in [7, 11) is 0. The number of benzene rings is 1. The summed E-state index contributed by atoms with van der Waals surface area (Å²) in [6.45, 7) is 0. The maximum atomic E-state index is 10.4. The molecule has 8 nitrogen and oxygen atoms in total. The lowest BCUT2D eigenvalue weighted by atomic mass is 10.3. The number of urea groups is 2. The van der Waals surface area contributed by atoms with E-state index in [9.17, 15) is 9.59 Å². The van der Waals surface area contributed by atoms with Gasteiger partial charge in [0.15, 0.2) is 0 Å². The van der Waals surface area contributed by atoms with Crippen LogP contribution in [0.5, 0.6) is 0 Å². The molecule has 84 valence electrons. The summed E-state index contributed by atoms with van der Waals surface area (Å²) in [6, 6.07) is 4.83. The second-order valence-corrected chi connectivity index (χ2v) is 2.70. The topological polar surface area (TPSA) is 135 Å². The summed E-state index contributed by atoms with van der Waals surface area (Å²) >= 11 is 0. The smallest absolute Gasteiger partial charge is 0.350 e. The molecule has 0 aliphatic heterocycles. The molecule has 16 heavy (non-hydrogen) atoms. The first-order valence-corrected chi connectivity index (χ1v) is 4.20. The molecule has 4 amide bonds. The van der Waals surface area contributed by atoms with Crippen LogP contribution in [-0.2, 0) is 0 Å². The molecule has 0 spiro atoms. The predicted molar refractivity (Wildman–Crippen MR) is 56.9 cm³/mol. The number of hydrogen-bond acceptors (Lipinski definition) is 4. The number of hydrazine groups is 1. The van der Waals surface area contributed by atoms with E-state index in [4.69, 9.17) is 11.5 Å². The quantitative estimate of drug-likeness (QED) is 0.445. The van der Waals surface area contributed by atoms with Crippen molar-refractivity contribution in [3.05, 3.63) is 24.3 Å². The van der Waals surface area contributed by atoms with E-state index >= 15 is 0 Å². The van der Waals surface area contributed by atoms with Gasteiger partial charge in [-0.3, -0.25) is 10.9 Å². The number of azo groups is 1. The minimum atomic E-state index is -0.863. The van der Waals surface area contributed by atoms with Crippen LogP contribution in [0.25, 0.3) is 0 Å². The van der Waals surface area contributed by atoms with E-state index in [2.05, 4.69) is 21.1 Å².